The minimum atomic E-state index is -3.71. The molecule has 1 aliphatic rings. The maximum Gasteiger partial charge on any atom is 0.371 e. The molecule has 0 aliphatic carbocycles. The van der Waals surface area contributed by atoms with Crippen molar-refractivity contribution in [2.75, 3.05) is 26.8 Å². The fourth-order valence-electron chi connectivity index (χ4n) is 2.35. The lowest BCUT2D eigenvalue weighted by Crippen LogP contribution is -2.29. The van der Waals surface area contributed by atoms with Crippen molar-refractivity contribution in [1.82, 2.24) is 4.31 Å². The summed E-state index contributed by atoms with van der Waals surface area (Å²) < 4.78 is 36.3. The van der Waals surface area contributed by atoms with Gasteiger partial charge in [-0.25, -0.2) is 13.2 Å². The summed E-state index contributed by atoms with van der Waals surface area (Å²) in [6, 6.07) is 1.07. The molecule has 0 saturated carbocycles. The lowest BCUT2D eigenvalue weighted by Gasteiger charge is -2.15. The van der Waals surface area contributed by atoms with Gasteiger partial charge in [-0.2, -0.15) is 4.31 Å². The molecule has 0 aromatic carbocycles. The SMILES string of the molecule is COCC1CCN(S(=O)(=O)c2cc(C(=O)O)oc2C)C1. The van der Waals surface area contributed by atoms with Crippen molar-refractivity contribution in [2.24, 2.45) is 5.92 Å². The Bertz CT molecular complexity index is 605. The number of rotatable bonds is 5. The Kier molecular flexibility index (Phi) is 4.17. The highest BCUT2D eigenvalue weighted by Crippen LogP contribution is 2.28. The van der Waals surface area contributed by atoms with Gasteiger partial charge in [0.25, 0.3) is 0 Å². The van der Waals surface area contributed by atoms with Crippen molar-refractivity contribution in [1.29, 1.82) is 0 Å². The minimum absolute atomic E-state index is 0.0760. The topological polar surface area (TPSA) is 97.0 Å². The summed E-state index contributed by atoms with van der Waals surface area (Å²) in [4.78, 5) is 10.8. The van der Waals surface area contributed by atoms with Crippen LogP contribution in [0.15, 0.2) is 15.4 Å². The van der Waals surface area contributed by atoms with Crippen LogP contribution in [0.5, 0.6) is 0 Å². The summed E-state index contributed by atoms with van der Waals surface area (Å²) in [5.74, 6) is -1.39. The fraction of sp³-hybridized carbons (Fsp3) is 0.583. The first-order valence-electron chi connectivity index (χ1n) is 6.19. The van der Waals surface area contributed by atoms with Crippen LogP contribution in [0.3, 0.4) is 0 Å². The molecule has 1 atom stereocenters. The average molecular weight is 303 g/mol. The smallest absolute Gasteiger partial charge is 0.371 e. The molecule has 1 unspecified atom stereocenters. The van der Waals surface area contributed by atoms with Crippen molar-refractivity contribution in [3.63, 3.8) is 0 Å². The number of nitrogens with zero attached hydrogens (tertiary/aromatic N) is 1. The minimum Gasteiger partial charge on any atom is -0.475 e. The molecule has 0 spiro atoms. The number of hydrogen-bond acceptors (Lipinski definition) is 5. The van der Waals surface area contributed by atoms with E-state index >= 15 is 0 Å². The highest BCUT2D eigenvalue weighted by molar-refractivity contribution is 7.89. The first-order valence-corrected chi connectivity index (χ1v) is 7.63. The third-order valence-corrected chi connectivity index (χ3v) is 5.32. The average Bonchev–Trinajstić information content (AvgIpc) is 2.96. The van der Waals surface area contributed by atoms with E-state index < -0.39 is 16.0 Å². The lowest BCUT2D eigenvalue weighted by molar-refractivity contribution is 0.0661. The number of aromatic carboxylic acids is 1. The van der Waals surface area contributed by atoms with E-state index in [0.717, 1.165) is 12.5 Å². The molecule has 20 heavy (non-hydrogen) atoms. The molecule has 0 bridgehead atoms. The Hall–Kier alpha value is -1.38. The van der Waals surface area contributed by atoms with Crippen LogP contribution in [0, 0.1) is 12.8 Å². The molecule has 112 valence electrons. The summed E-state index contributed by atoms with van der Waals surface area (Å²) in [5.41, 5.74) is 0. The van der Waals surface area contributed by atoms with Crippen LogP contribution in [-0.4, -0.2) is 50.6 Å². The van der Waals surface area contributed by atoms with Gasteiger partial charge in [0.05, 0.1) is 6.61 Å². The zero-order chi connectivity index (χ0) is 14.9. The number of aryl methyl sites for hydroxylation is 1. The van der Waals surface area contributed by atoms with Gasteiger partial charge < -0.3 is 14.3 Å². The van der Waals surface area contributed by atoms with Gasteiger partial charge in [0.2, 0.25) is 15.8 Å². The van der Waals surface area contributed by atoms with Crippen LogP contribution < -0.4 is 0 Å². The summed E-state index contributed by atoms with van der Waals surface area (Å²) in [5, 5.41) is 8.85. The van der Waals surface area contributed by atoms with E-state index in [1.807, 2.05) is 0 Å². The summed E-state index contributed by atoms with van der Waals surface area (Å²) in [6.07, 6.45) is 0.732. The third-order valence-electron chi connectivity index (χ3n) is 3.35. The molecule has 2 heterocycles. The predicted molar refractivity (Wildman–Crippen MR) is 69.1 cm³/mol. The second kappa shape index (κ2) is 5.55. The number of sulfonamides is 1. The van der Waals surface area contributed by atoms with Gasteiger partial charge >= 0.3 is 5.97 Å². The number of carboxylic acids is 1. The molecule has 1 aromatic rings. The molecular formula is C12H17NO6S. The third kappa shape index (κ3) is 2.72. The zero-order valence-electron chi connectivity index (χ0n) is 11.3. The lowest BCUT2D eigenvalue weighted by atomic mass is 10.1. The number of hydrogen-bond donors (Lipinski definition) is 1. The number of ether oxygens (including phenoxy) is 1. The molecule has 8 heteroatoms. The number of carboxylic acid groups (broad SMARTS) is 1. The Balaban J connectivity index is 2.25. The van der Waals surface area contributed by atoms with Gasteiger partial charge in [-0.3, -0.25) is 0 Å². The van der Waals surface area contributed by atoms with Crippen molar-refractivity contribution in [3.8, 4) is 0 Å². The van der Waals surface area contributed by atoms with Gasteiger partial charge in [-0.1, -0.05) is 0 Å². The van der Waals surface area contributed by atoms with Crippen LogP contribution in [0.1, 0.15) is 22.7 Å². The molecular weight excluding hydrogens is 286 g/mol. The second-order valence-corrected chi connectivity index (χ2v) is 6.72. The predicted octanol–water partition coefficient (Wildman–Crippen LogP) is 0.943. The van der Waals surface area contributed by atoms with E-state index in [9.17, 15) is 13.2 Å². The molecule has 1 aliphatic heterocycles. The molecule has 1 aromatic heterocycles. The van der Waals surface area contributed by atoms with E-state index in [2.05, 4.69) is 0 Å². The zero-order valence-corrected chi connectivity index (χ0v) is 12.1. The van der Waals surface area contributed by atoms with E-state index in [1.165, 1.54) is 11.2 Å². The molecule has 7 nitrogen and oxygen atoms in total. The van der Waals surface area contributed by atoms with Gasteiger partial charge in [-0.05, 0) is 19.3 Å². The normalized spacial score (nSPS) is 20.4. The van der Waals surface area contributed by atoms with Gasteiger partial charge in [-0.15, -0.1) is 0 Å². The first kappa shape index (κ1) is 15.0. The maximum atomic E-state index is 12.5. The van der Waals surface area contributed by atoms with E-state index in [-0.39, 0.29) is 22.3 Å². The van der Waals surface area contributed by atoms with Gasteiger partial charge in [0.15, 0.2) is 0 Å². The van der Waals surface area contributed by atoms with Crippen molar-refractivity contribution in [3.05, 3.63) is 17.6 Å². The quantitative estimate of drug-likeness (QED) is 0.869. The molecule has 1 fully saturated rings. The maximum absolute atomic E-state index is 12.5. The number of carbonyl (C=O) groups is 1. The molecule has 1 saturated heterocycles. The standard InChI is InChI=1S/C12H17NO6S/c1-8-11(5-10(19-8)12(14)15)20(16,17)13-4-3-9(6-13)7-18-2/h5,9H,3-4,6-7H2,1-2H3,(H,14,15). The van der Waals surface area contributed by atoms with Crippen molar-refractivity contribution >= 4 is 16.0 Å². The highest BCUT2D eigenvalue weighted by Gasteiger charge is 2.35. The van der Waals surface area contributed by atoms with E-state index in [4.69, 9.17) is 14.3 Å². The van der Waals surface area contributed by atoms with Gasteiger partial charge in [0, 0.05) is 26.3 Å². The fourth-order valence-corrected chi connectivity index (χ4v) is 4.05. The van der Waals surface area contributed by atoms with Crippen LogP contribution in [0.25, 0.3) is 0 Å². The second-order valence-electron chi connectivity index (χ2n) is 4.81. The molecule has 0 amide bonds. The number of furan rings is 1. The molecule has 1 N–H and O–H groups in total. The highest BCUT2D eigenvalue weighted by atomic mass is 32.2. The van der Waals surface area contributed by atoms with Crippen molar-refractivity contribution < 1.29 is 27.5 Å². The largest absolute Gasteiger partial charge is 0.475 e. The summed E-state index contributed by atoms with van der Waals surface area (Å²) in [7, 11) is -2.13. The number of methoxy groups -OCH3 is 1. The van der Waals surface area contributed by atoms with Crippen LogP contribution in [0.4, 0.5) is 0 Å². The Morgan fingerprint density at radius 2 is 2.30 bits per heavy atom. The van der Waals surface area contributed by atoms with E-state index in [0.29, 0.717) is 19.7 Å². The summed E-state index contributed by atoms with van der Waals surface area (Å²) in [6.45, 7) is 2.74. The van der Waals surface area contributed by atoms with Crippen molar-refractivity contribution in [2.45, 2.75) is 18.2 Å². The van der Waals surface area contributed by atoms with Gasteiger partial charge in [0.1, 0.15) is 10.7 Å². The first-order chi connectivity index (χ1) is 9.36. The van der Waals surface area contributed by atoms with E-state index in [1.54, 1.807) is 7.11 Å². The van der Waals surface area contributed by atoms with Crippen LogP contribution in [0.2, 0.25) is 0 Å². The Morgan fingerprint density at radius 1 is 1.60 bits per heavy atom. The Labute approximate surface area is 117 Å². The monoisotopic (exact) mass is 303 g/mol. The molecule has 0 radical (unpaired) electrons. The van der Waals surface area contributed by atoms with Crippen LogP contribution in [-0.2, 0) is 14.8 Å². The van der Waals surface area contributed by atoms with Crippen LogP contribution >= 0.6 is 0 Å². The molecule has 2 rings (SSSR count). The Morgan fingerprint density at radius 3 is 2.85 bits per heavy atom. The summed E-state index contributed by atoms with van der Waals surface area (Å²) >= 11 is 0.